The smallest absolute Gasteiger partial charge is 0.275 e. The molecule has 0 aromatic carbocycles. The number of unbranched alkanes of at least 4 members (excludes halogenated alkanes) is 4. The van der Waals surface area contributed by atoms with Crippen LogP contribution in [0.5, 0.6) is 0 Å². The van der Waals surface area contributed by atoms with Gasteiger partial charge in [-0.1, -0.05) is 32.1 Å². The molecule has 0 rings (SSSR count). The van der Waals surface area contributed by atoms with Crippen molar-refractivity contribution in [2.24, 2.45) is 0 Å². The number of alkyl halides is 2. The first kappa shape index (κ1) is 12.4. The average molecular weight is 190 g/mol. The Bertz CT molecular complexity index is 169. The van der Waals surface area contributed by atoms with Crippen LogP contribution in [0.2, 0.25) is 0 Å². The fourth-order valence-corrected chi connectivity index (χ4v) is 0.880. The molecule has 0 aliphatic heterocycles. The third kappa shape index (κ3) is 7.73. The third-order valence-corrected chi connectivity index (χ3v) is 1.64. The quantitative estimate of drug-likeness (QED) is 0.522. The Kier molecular flexibility index (Phi) is 7.62. The first-order valence-electron chi connectivity index (χ1n) is 4.63. The SMILES string of the molecule is CCCCCCC#CC(O)C(F)F. The molecule has 0 amide bonds. The second kappa shape index (κ2) is 8.00. The normalized spacial score (nSPS) is 12.4. The molecule has 1 atom stereocenters. The summed E-state index contributed by atoms with van der Waals surface area (Å²) in [4.78, 5) is 0. The Labute approximate surface area is 78.1 Å². The molecule has 0 bridgehead atoms. The van der Waals surface area contributed by atoms with Gasteiger partial charge in [0.05, 0.1) is 0 Å². The number of rotatable bonds is 5. The van der Waals surface area contributed by atoms with Crippen molar-refractivity contribution in [3.8, 4) is 11.8 Å². The van der Waals surface area contributed by atoms with Crippen molar-refractivity contribution in [2.45, 2.75) is 51.6 Å². The molecule has 0 aliphatic carbocycles. The lowest BCUT2D eigenvalue weighted by atomic mass is 10.1. The summed E-state index contributed by atoms with van der Waals surface area (Å²) in [5, 5.41) is 8.61. The third-order valence-electron chi connectivity index (χ3n) is 1.64. The van der Waals surface area contributed by atoms with Gasteiger partial charge < -0.3 is 5.11 Å². The highest BCUT2D eigenvalue weighted by molar-refractivity contribution is 5.05. The number of aliphatic hydroxyl groups is 1. The van der Waals surface area contributed by atoms with Crippen LogP contribution in [0.1, 0.15) is 39.0 Å². The second-order valence-corrected chi connectivity index (χ2v) is 2.91. The molecule has 1 nitrogen and oxygen atoms in total. The van der Waals surface area contributed by atoms with Gasteiger partial charge >= 0.3 is 0 Å². The highest BCUT2D eigenvalue weighted by atomic mass is 19.3. The summed E-state index contributed by atoms with van der Waals surface area (Å²) in [6, 6.07) is 0. The van der Waals surface area contributed by atoms with Crippen molar-refractivity contribution in [1.29, 1.82) is 0 Å². The topological polar surface area (TPSA) is 20.2 Å². The molecule has 0 aromatic rings. The molecule has 0 aromatic heterocycles. The Morgan fingerprint density at radius 1 is 1.23 bits per heavy atom. The van der Waals surface area contributed by atoms with Crippen LogP contribution in [0.4, 0.5) is 8.78 Å². The van der Waals surface area contributed by atoms with Gasteiger partial charge in [0.25, 0.3) is 6.43 Å². The number of halogens is 2. The van der Waals surface area contributed by atoms with E-state index in [-0.39, 0.29) is 0 Å². The van der Waals surface area contributed by atoms with E-state index in [0.29, 0.717) is 6.42 Å². The van der Waals surface area contributed by atoms with Crippen LogP contribution in [0, 0.1) is 11.8 Å². The number of hydrogen-bond acceptors (Lipinski definition) is 1. The predicted molar refractivity (Wildman–Crippen MR) is 48.5 cm³/mol. The van der Waals surface area contributed by atoms with Gasteiger partial charge in [0.1, 0.15) is 0 Å². The van der Waals surface area contributed by atoms with E-state index in [4.69, 9.17) is 5.11 Å². The van der Waals surface area contributed by atoms with Crippen LogP contribution >= 0.6 is 0 Å². The lowest BCUT2D eigenvalue weighted by Crippen LogP contribution is -2.14. The van der Waals surface area contributed by atoms with E-state index in [1.165, 1.54) is 0 Å². The van der Waals surface area contributed by atoms with Crippen LogP contribution in [-0.2, 0) is 0 Å². The summed E-state index contributed by atoms with van der Waals surface area (Å²) in [6.45, 7) is 2.10. The van der Waals surface area contributed by atoms with Crippen molar-refractivity contribution in [3.05, 3.63) is 0 Å². The summed E-state index contributed by atoms with van der Waals surface area (Å²) in [7, 11) is 0. The van der Waals surface area contributed by atoms with Crippen LogP contribution in [0.25, 0.3) is 0 Å². The van der Waals surface area contributed by atoms with E-state index in [0.717, 1.165) is 25.7 Å². The lowest BCUT2D eigenvalue weighted by molar-refractivity contribution is 0.0296. The summed E-state index contributed by atoms with van der Waals surface area (Å²) < 4.78 is 23.4. The van der Waals surface area contributed by atoms with E-state index in [2.05, 4.69) is 18.8 Å². The number of aliphatic hydroxyl groups excluding tert-OH is 1. The Balaban J connectivity index is 3.39. The summed E-state index contributed by atoms with van der Waals surface area (Å²) >= 11 is 0. The minimum atomic E-state index is -2.75. The van der Waals surface area contributed by atoms with Gasteiger partial charge in [-0.3, -0.25) is 0 Å². The maximum atomic E-state index is 11.7. The van der Waals surface area contributed by atoms with E-state index >= 15 is 0 Å². The Hall–Kier alpha value is -0.620. The predicted octanol–water partition coefficient (Wildman–Crippen LogP) is 2.59. The molecule has 0 fully saturated rings. The van der Waals surface area contributed by atoms with Gasteiger partial charge in [-0.25, -0.2) is 8.78 Å². The van der Waals surface area contributed by atoms with Gasteiger partial charge in [-0.05, 0) is 6.42 Å². The van der Waals surface area contributed by atoms with Gasteiger partial charge in [0, 0.05) is 6.42 Å². The van der Waals surface area contributed by atoms with Gasteiger partial charge in [0.15, 0.2) is 6.10 Å². The van der Waals surface area contributed by atoms with Crippen molar-refractivity contribution in [3.63, 3.8) is 0 Å². The number of hydrogen-bond donors (Lipinski definition) is 1. The van der Waals surface area contributed by atoms with E-state index in [1.54, 1.807) is 0 Å². The maximum Gasteiger partial charge on any atom is 0.275 e. The van der Waals surface area contributed by atoms with E-state index in [1.807, 2.05) is 0 Å². The molecule has 3 heteroatoms. The van der Waals surface area contributed by atoms with Crippen LogP contribution in [-0.4, -0.2) is 17.6 Å². The first-order valence-corrected chi connectivity index (χ1v) is 4.63. The monoisotopic (exact) mass is 190 g/mol. The van der Waals surface area contributed by atoms with E-state index in [9.17, 15) is 8.78 Å². The van der Waals surface area contributed by atoms with Crippen LogP contribution in [0.15, 0.2) is 0 Å². The molecule has 0 heterocycles. The van der Waals surface area contributed by atoms with Crippen LogP contribution < -0.4 is 0 Å². The maximum absolute atomic E-state index is 11.7. The second-order valence-electron chi connectivity index (χ2n) is 2.91. The molecule has 1 unspecified atom stereocenters. The molecule has 0 saturated carbocycles. The van der Waals surface area contributed by atoms with Crippen molar-refractivity contribution in [2.75, 3.05) is 0 Å². The zero-order valence-electron chi connectivity index (χ0n) is 7.89. The van der Waals surface area contributed by atoms with Crippen LogP contribution in [0.3, 0.4) is 0 Å². The van der Waals surface area contributed by atoms with Gasteiger partial charge in [0.2, 0.25) is 0 Å². The van der Waals surface area contributed by atoms with Crippen molar-refractivity contribution < 1.29 is 13.9 Å². The molecule has 1 N–H and O–H groups in total. The van der Waals surface area contributed by atoms with Crippen molar-refractivity contribution in [1.82, 2.24) is 0 Å². The highest BCUT2D eigenvalue weighted by Gasteiger charge is 2.12. The minimum absolute atomic E-state index is 0.601. The molecule has 0 radical (unpaired) electrons. The molecular formula is C10H16F2O. The zero-order valence-corrected chi connectivity index (χ0v) is 7.89. The van der Waals surface area contributed by atoms with Crippen molar-refractivity contribution >= 4 is 0 Å². The minimum Gasteiger partial charge on any atom is -0.375 e. The zero-order chi connectivity index (χ0) is 10.1. The molecular weight excluding hydrogens is 174 g/mol. The summed E-state index contributed by atoms with van der Waals surface area (Å²) in [6.07, 6.45) is 0.386. The first-order chi connectivity index (χ1) is 6.18. The molecule has 76 valence electrons. The fraction of sp³-hybridized carbons (Fsp3) is 0.800. The molecule has 0 spiro atoms. The fourth-order valence-electron chi connectivity index (χ4n) is 0.880. The van der Waals surface area contributed by atoms with Gasteiger partial charge in [-0.15, -0.1) is 5.92 Å². The van der Waals surface area contributed by atoms with Gasteiger partial charge in [-0.2, -0.15) is 0 Å². The average Bonchev–Trinajstić information content (AvgIpc) is 2.10. The molecule has 0 aliphatic rings. The standard InChI is InChI=1S/C10H16F2O/c1-2-3-4-5-6-7-8-9(13)10(11)12/h9-10,13H,2-6H2,1H3. The summed E-state index contributed by atoms with van der Waals surface area (Å²) in [5.41, 5.74) is 0. The van der Waals surface area contributed by atoms with E-state index < -0.39 is 12.5 Å². The Morgan fingerprint density at radius 2 is 1.92 bits per heavy atom. The lowest BCUT2D eigenvalue weighted by Gasteiger charge is -1.98. The molecule has 13 heavy (non-hydrogen) atoms. The summed E-state index contributed by atoms with van der Waals surface area (Å²) in [5.74, 6) is 4.66. The highest BCUT2D eigenvalue weighted by Crippen LogP contribution is 2.02. The molecule has 0 saturated heterocycles. The Morgan fingerprint density at radius 3 is 2.46 bits per heavy atom. The largest absolute Gasteiger partial charge is 0.375 e.